The summed E-state index contributed by atoms with van der Waals surface area (Å²) in [6.45, 7) is 7.61. The van der Waals surface area contributed by atoms with Gasteiger partial charge in [0.2, 0.25) is 0 Å². The van der Waals surface area contributed by atoms with E-state index in [0.717, 1.165) is 66.3 Å². The number of aryl methyl sites for hydroxylation is 2. The van der Waals surface area contributed by atoms with Crippen molar-refractivity contribution in [2.45, 2.75) is 39.5 Å². The van der Waals surface area contributed by atoms with Gasteiger partial charge in [0.25, 0.3) is 5.91 Å². The Labute approximate surface area is 179 Å². The normalized spacial score (nSPS) is 19.6. The van der Waals surface area contributed by atoms with Crippen molar-refractivity contribution in [3.63, 3.8) is 0 Å². The molecular weight excluding hydrogens is 400 g/mol. The standard InChI is InChI=1S/C22H26N4OS2/c1-3-18-23-20(19-15-7-6-14(2)13-17(15)29-21(19)24-18)25-8-10-26(11-9-25)22(27)16-5-4-12-28-16/h4-5,12,14H,3,6-11,13H2,1-2H3/t14-/m1/s1. The molecule has 7 heteroatoms. The molecule has 0 radical (unpaired) electrons. The minimum absolute atomic E-state index is 0.156. The van der Waals surface area contributed by atoms with Crippen LogP contribution in [0.3, 0.4) is 0 Å². The van der Waals surface area contributed by atoms with Crippen LogP contribution >= 0.6 is 22.7 Å². The van der Waals surface area contributed by atoms with E-state index in [2.05, 4.69) is 18.7 Å². The van der Waals surface area contributed by atoms with E-state index in [1.165, 1.54) is 40.0 Å². The quantitative estimate of drug-likeness (QED) is 0.623. The first-order valence-electron chi connectivity index (χ1n) is 10.5. The Morgan fingerprint density at radius 3 is 2.79 bits per heavy atom. The van der Waals surface area contributed by atoms with E-state index < -0.39 is 0 Å². The Bertz CT molecular complexity index is 1030. The topological polar surface area (TPSA) is 49.3 Å². The third kappa shape index (κ3) is 3.44. The van der Waals surface area contributed by atoms with Crippen LogP contribution in [0.15, 0.2) is 17.5 Å². The average Bonchev–Trinajstić information content (AvgIpc) is 3.40. The lowest BCUT2D eigenvalue weighted by Gasteiger charge is -2.35. The molecule has 0 saturated carbocycles. The molecule has 1 saturated heterocycles. The molecule has 1 aliphatic heterocycles. The first-order chi connectivity index (χ1) is 14.1. The summed E-state index contributed by atoms with van der Waals surface area (Å²) in [6, 6.07) is 3.86. The largest absolute Gasteiger partial charge is 0.352 e. The van der Waals surface area contributed by atoms with E-state index in [-0.39, 0.29) is 5.91 Å². The summed E-state index contributed by atoms with van der Waals surface area (Å²) in [5, 5.41) is 3.25. The number of fused-ring (bicyclic) bond motifs is 3. The summed E-state index contributed by atoms with van der Waals surface area (Å²) in [7, 11) is 0. The summed E-state index contributed by atoms with van der Waals surface area (Å²) in [4.78, 5) is 30.4. The van der Waals surface area contributed by atoms with E-state index >= 15 is 0 Å². The van der Waals surface area contributed by atoms with Crippen molar-refractivity contribution in [2.24, 2.45) is 5.92 Å². The van der Waals surface area contributed by atoms with Crippen LogP contribution in [-0.2, 0) is 19.3 Å². The van der Waals surface area contributed by atoms with Gasteiger partial charge in [-0.3, -0.25) is 4.79 Å². The summed E-state index contributed by atoms with van der Waals surface area (Å²) in [5.41, 5.74) is 1.48. The van der Waals surface area contributed by atoms with Gasteiger partial charge in [-0.2, -0.15) is 0 Å². The lowest BCUT2D eigenvalue weighted by Crippen LogP contribution is -2.49. The first kappa shape index (κ1) is 19.0. The van der Waals surface area contributed by atoms with E-state index in [4.69, 9.17) is 9.97 Å². The van der Waals surface area contributed by atoms with Crippen molar-refractivity contribution in [3.8, 4) is 0 Å². The molecule has 3 aromatic rings. The van der Waals surface area contributed by atoms with Crippen molar-refractivity contribution in [2.75, 3.05) is 31.1 Å². The van der Waals surface area contributed by atoms with Crippen LogP contribution in [0.5, 0.6) is 0 Å². The number of hydrogen-bond acceptors (Lipinski definition) is 6. The van der Waals surface area contributed by atoms with E-state index in [0.29, 0.717) is 0 Å². The molecule has 1 fully saturated rings. The Kier molecular flexibility index (Phi) is 5.04. The molecule has 0 aromatic carbocycles. The molecule has 0 unspecified atom stereocenters. The molecule has 5 nitrogen and oxygen atoms in total. The van der Waals surface area contributed by atoms with Gasteiger partial charge in [0, 0.05) is 37.5 Å². The number of carbonyl (C=O) groups is 1. The molecule has 0 bridgehead atoms. The lowest BCUT2D eigenvalue weighted by molar-refractivity contribution is 0.0751. The van der Waals surface area contributed by atoms with Gasteiger partial charge in [-0.15, -0.1) is 22.7 Å². The zero-order chi connectivity index (χ0) is 20.0. The highest BCUT2D eigenvalue weighted by molar-refractivity contribution is 7.19. The molecule has 29 heavy (non-hydrogen) atoms. The number of carbonyl (C=O) groups excluding carboxylic acids is 1. The summed E-state index contributed by atoms with van der Waals surface area (Å²) < 4.78 is 0. The van der Waals surface area contributed by atoms with Crippen LogP contribution in [0.25, 0.3) is 10.2 Å². The smallest absolute Gasteiger partial charge is 0.264 e. The molecule has 1 amide bonds. The van der Waals surface area contributed by atoms with E-state index in [9.17, 15) is 4.79 Å². The van der Waals surface area contributed by atoms with Gasteiger partial charge in [-0.05, 0) is 42.2 Å². The molecule has 152 valence electrons. The number of piperazine rings is 1. The molecular formula is C22H26N4OS2. The molecule has 0 spiro atoms. The highest BCUT2D eigenvalue weighted by Gasteiger charge is 2.28. The van der Waals surface area contributed by atoms with Gasteiger partial charge < -0.3 is 9.80 Å². The molecule has 0 N–H and O–H groups in total. The number of thiophene rings is 2. The predicted octanol–water partition coefficient (Wildman–Crippen LogP) is 4.40. The minimum atomic E-state index is 0.156. The van der Waals surface area contributed by atoms with Crippen LogP contribution in [-0.4, -0.2) is 47.0 Å². The van der Waals surface area contributed by atoms with Crippen LogP contribution in [0.4, 0.5) is 5.82 Å². The van der Waals surface area contributed by atoms with Crippen molar-refractivity contribution < 1.29 is 4.79 Å². The van der Waals surface area contributed by atoms with Crippen LogP contribution in [0, 0.1) is 5.92 Å². The third-order valence-electron chi connectivity index (χ3n) is 6.10. The maximum Gasteiger partial charge on any atom is 0.264 e. The van der Waals surface area contributed by atoms with Crippen LogP contribution in [0.1, 0.15) is 46.2 Å². The third-order valence-corrected chi connectivity index (χ3v) is 8.10. The average molecular weight is 427 g/mol. The van der Waals surface area contributed by atoms with Crippen LogP contribution < -0.4 is 4.90 Å². The predicted molar refractivity (Wildman–Crippen MR) is 120 cm³/mol. The second-order valence-corrected chi connectivity index (χ2v) is 10.1. The van der Waals surface area contributed by atoms with Crippen molar-refractivity contribution in [3.05, 3.63) is 38.7 Å². The van der Waals surface area contributed by atoms with E-state index in [1.54, 1.807) is 0 Å². The second-order valence-electron chi connectivity index (χ2n) is 8.11. The molecule has 1 aliphatic carbocycles. The maximum atomic E-state index is 12.7. The van der Waals surface area contributed by atoms with Gasteiger partial charge in [-0.25, -0.2) is 9.97 Å². The summed E-state index contributed by atoms with van der Waals surface area (Å²) in [6.07, 6.45) is 4.39. The molecule has 5 rings (SSSR count). The van der Waals surface area contributed by atoms with Crippen molar-refractivity contribution >= 4 is 44.6 Å². The zero-order valence-electron chi connectivity index (χ0n) is 17.0. The fourth-order valence-corrected chi connectivity index (χ4v) is 6.52. The molecule has 1 atom stereocenters. The van der Waals surface area contributed by atoms with Crippen LogP contribution in [0.2, 0.25) is 0 Å². The Morgan fingerprint density at radius 2 is 2.07 bits per heavy atom. The van der Waals surface area contributed by atoms with Gasteiger partial charge in [0.1, 0.15) is 16.5 Å². The lowest BCUT2D eigenvalue weighted by atomic mass is 9.89. The van der Waals surface area contributed by atoms with Gasteiger partial charge in [0.15, 0.2) is 0 Å². The second kappa shape index (κ2) is 7.69. The fraction of sp³-hybridized carbons (Fsp3) is 0.500. The van der Waals surface area contributed by atoms with E-state index in [1.807, 2.05) is 33.7 Å². The Balaban J connectivity index is 1.45. The summed E-state index contributed by atoms with van der Waals surface area (Å²) >= 11 is 3.40. The van der Waals surface area contributed by atoms with Crippen molar-refractivity contribution in [1.29, 1.82) is 0 Å². The number of aromatic nitrogens is 2. The number of amides is 1. The minimum Gasteiger partial charge on any atom is -0.352 e. The summed E-state index contributed by atoms with van der Waals surface area (Å²) in [5.74, 6) is 2.94. The Morgan fingerprint density at radius 1 is 1.24 bits per heavy atom. The molecule has 4 heterocycles. The van der Waals surface area contributed by atoms with Gasteiger partial charge in [0.05, 0.1) is 10.3 Å². The number of hydrogen-bond donors (Lipinski definition) is 0. The zero-order valence-corrected chi connectivity index (χ0v) is 18.6. The van der Waals surface area contributed by atoms with Gasteiger partial charge in [-0.1, -0.05) is 19.9 Å². The highest BCUT2D eigenvalue weighted by Crippen LogP contribution is 2.41. The SMILES string of the molecule is CCc1nc(N2CCN(C(=O)c3cccs3)CC2)c2c3c(sc2n1)C[C@H](C)CC3. The number of rotatable bonds is 3. The Hall–Kier alpha value is -1.99. The maximum absolute atomic E-state index is 12.7. The fourth-order valence-electron chi connectivity index (χ4n) is 4.43. The van der Waals surface area contributed by atoms with Gasteiger partial charge >= 0.3 is 0 Å². The monoisotopic (exact) mass is 426 g/mol. The number of nitrogens with zero attached hydrogens (tertiary/aromatic N) is 4. The van der Waals surface area contributed by atoms with Crippen molar-refractivity contribution in [1.82, 2.24) is 14.9 Å². The highest BCUT2D eigenvalue weighted by atomic mass is 32.1. The number of anilines is 1. The first-order valence-corrected chi connectivity index (χ1v) is 12.2. The molecule has 3 aromatic heterocycles. The molecule has 2 aliphatic rings.